The van der Waals surface area contributed by atoms with Gasteiger partial charge in [0.05, 0.1) is 0 Å². The summed E-state index contributed by atoms with van der Waals surface area (Å²) in [5, 5.41) is 11.8. The van der Waals surface area contributed by atoms with Crippen molar-refractivity contribution < 1.29 is 19.5 Å². The van der Waals surface area contributed by atoms with Crippen LogP contribution in [0.1, 0.15) is 38.5 Å². The van der Waals surface area contributed by atoms with Gasteiger partial charge >= 0.3 is 12.0 Å². The monoisotopic (exact) mass is 309 g/mol. The van der Waals surface area contributed by atoms with E-state index in [0.717, 1.165) is 25.9 Å². The second-order valence-corrected chi connectivity index (χ2v) is 6.61. The molecule has 7 heteroatoms. The number of piperidine rings is 1. The fraction of sp³-hybridized carbons (Fsp3) is 0.800. The molecule has 7 nitrogen and oxygen atoms in total. The predicted molar refractivity (Wildman–Crippen MR) is 78.2 cm³/mol. The Labute approximate surface area is 129 Å². The fourth-order valence-electron chi connectivity index (χ4n) is 3.30. The number of carboxylic acid groups (broad SMARTS) is 1. The quantitative estimate of drug-likeness (QED) is 0.801. The maximum atomic E-state index is 12.3. The van der Waals surface area contributed by atoms with Crippen molar-refractivity contribution in [1.29, 1.82) is 0 Å². The van der Waals surface area contributed by atoms with Crippen molar-refractivity contribution >= 4 is 17.9 Å². The summed E-state index contributed by atoms with van der Waals surface area (Å²) in [4.78, 5) is 39.3. The number of carboxylic acids is 1. The molecular formula is C15H23N3O4. The molecule has 0 aromatic heterocycles. The van der Waals surface area contributed by atoms with Gasteiger partial charge in [-0.1, -0.05) is 0 Å². The number of carbonyl (C=O) groups is 3. The summed E-state index contributed by atoms with van der Waals surface area (Å²) in [6, 6.07) is 0.0838. The predicted octanol–water partition coefficient (Wildman–Crippen LogP) is 0.648. The molecule has 0 bridgehead atoms. The van der Waals surface area contributed by atoms with Crippen molar-refractivity contribution in [2.75, 3.05) is 26.2 Å². The lowest BCUT2D eigenvalue weighted by Gasteiger charge is -2.34. The molecule has 3 aliphatic rings. The molecule has 2 N–H and O–H groups in total. The van der Waals surface area contributed by atoms with E-state index in [0.29, 0.717) is 38.8 Å². The molecule has 22 heavy (non-hydrogen) atoms. The summed E-state index contributed by atoms with van der Waals surface area (Å²) in [5.74, 6) is -1.30. The Hall–Kier alpha value is -1.79. The first-order valence-electron chi connectivity index (χ1n) is 8.11. The smallest absolute Gasteiger partial charge is 0.329 e. The van der Waals surface area contributed by atoms with Crippen molar-refractivity contribution in [3.05, 3.63) is 0 Å². The Kier molecular flexibility index (Phi) is 3.97. The number of likely N-dealkylation sites (tertiary alicyclic amines) is 2. The number of rotatable bonds is 3. The van der Waals surface area contributed by atoms with Crippen molar-refractivity contribution in [2.45, 2.75) is 44.1 Å². The Bertz CT molecular complexity index is 475. The minimum absolute atomic E-state index is 0.0838. The van der Waals surface area contributed by atoms with E-state index in [-0.39, 0.29) is 17.9 Å². The third-order valence-electron chi connectivity index (χ3n) is 5.03. The highest BCUT2D eigenvalue weighted by atomic mass is 16.4. The van der Waals surface area contributed by atoms with Crippen LogP contribution in [-0.4, -0.2) is 64.5 Å². The van der Waals surface area contributed by atoms with Crippen molar-refractivity contribution in [3.8, 4) is 0 Å². The van der Waals surface area contributed by atoms with E-state index >= 15 is 0 Å². The zero-order valence-corrected chi connectivity index (χ0v) is 12.7. The summed E-state index contributed by atoms with van der Waals surface area (Å²) in [6.45, 7) is 2.82. The van der Waals surface area contributed by atoms with Crippen LogP contribution in [-0.2, 0) is 9.59 Å². The van der Waals surface area contributed by atoms with Gasteiger partial charge in [0, 0.05) is 32.1 Å². The average Bonchev–Trinajstić information content (AvgIpc) is 3.10. The number of nitrogens with zero attached hydrogens (tertiary/aromatic N) is 2. The van der Waals surface area contributed by atoms with Crippen LogP contribution >= 0.6 is 0 Å². The number of hydrogen-bond donors (Lipinski definition) is 2. The van der Waals surface area contributed by atoms with E-state index in [9.17, 15) is 14.4 Å². The molecule has 1 aliphatic carbocycles. The molecule has 0 aromatic carbocycles. The van der Waals surface area contributed by atoms with Crippen LogP contribution in [0.15, 0.2) is 0 Å². The molecule has 0 radical (unpaired) electrons. The third-order valence-corrected chi connectivity index (χ3v) is 5.03. The van der Waals surface area contributed by atoms with Gasteiger partial charge in [-0.05, 0) is 38.5 Å². The molecule has 1 saturated carbocycles. The molecular weight excluding hydrogens is 286 g/mol. The minimum Gasteiger partial charge on any atom is -0.480 e. The summed E-state index contributed by atoms with van der Waals surface area (Å²) >= 11 is 0. The van der Waals surface area contributed by atoms with E-state index in [1.54, 1.807) is 0 Å². The molecule has 3 fully saturated rings. The zero-order valence-electron chi connectivity index (χ0n) is 12.7. The number of aliphatic carboxylic acids is 1. The topological polar surface area (TPSA) is 90.0 Å². The molecule has 0 spiro atoms. The van der Waals surface area contributed by atoms with Gasteiger partial charge < -0.3 is 20.2 Å². The molecule has 122 valence electrons. The summed E-state index contributed by atoms with van der Waals surface area (Å²) in [5.41, 5.74) is -1.01. The Balaban J connectivity index is 1.48. The van der Waals surface area contributed by atoms with E-state index in [4.69, 9.17) is 5.11 Å². The molecule has 2 aliphatic heterocycles. The minimum atomic E-state index is -1.01. The molecule has 0 unspecified atom stereocenters. The van der Waals surface area contributed by atoms with E-state index in [2.05, 4.69) is 5.32 Å². The first-order valence-corrected chi connectivity index (χ1v) is 8.11. The van der Waals surface area contributed by atoms with Crippen LogP contribution in [0.4, 0.5) is 4.79 Å². The molecule has 3 amide bonds. The van der Waals surface area contributed by atoms with Gasteiger partial charge in [-0.3, -0.25) is 4.79 Å². The van der Waals surface area contributed by atoms with Gasteiger partial charge in [0.25, 0.3) is 0 Å². The fourth-order valence-corrected chi connectivity index (χ4v) is 3.30. The van der Waals surface area contributed by atoms with E-state index in [1.807, 2.05) is 9.80 Å². The largest absolute Gasteiger partial charge is 0.480 e. The summed E-state index contributed by atoms with van der Waals surface area (Å²) in [6.07, 6.45) is 4.40. The van der Waals surface area contributed by atoms with Crippen molar-refractivity contribution in [1.82, 2.24) is 15.1 Å². The van der Waals surface area contributed by atoms with Crippen LogP contribution in [0.25, 0.3) is 0 Å². The lowest BCUT2D eigenvalue weighted by Crippen LogP contribution is -2.50. The highest BCUT2D eigenvalue weighted by Gasteiger charge is 2.52. The summed E-state index contributed by atoms with van der Waals surface area (Å²) < 4.78 is 0. The lowest BCUT2D eigenvalue weighted by atomic mass is 9.95. The Morgan fingerprint density at radius 3 is 2.00 bits per heavy atom. The van der Waals surface area contributed by atoms with Crippen LogP contribution in [0.5, 0.6) is 0 Å². The second-order valence-electron chi connectivity index (χ2n) is 6.61. The van der Waals surface area contributed by atoms with Crippen LogP contribution in [0.2, 0.25) is 0 Å². The van der Waals surface area contributed by atoms with Gasteiger partial charge in [0.1, 0.15) is 5.54 Å². The van der Waals surface area contributed by atoms with Gasteiger partial charge in [0.15, 0.2) is 0 Å². The Morgan fingerprint density at radius 1 is 0.955 bits per heavy atom. The normalized spacial score (nSPS) is 24.2. The molecule has 3 rings (SSSR count). The summed E-state index contributed by atoms with van der Waals surface area (Å²) in [7, 11) is 0. The number of hydrogen-bond acceptors (Lipinski definition) is 3. The number of urea groups is 1. The Morgan fingerprint density at radius 2 is 1.50 bits per heavy atom. The van der Waals surface area contributed by atoms with Gasteiger partial charge in [-0.25, -0.2) is 9.59 Å². The van der Waals surface area contributed by atoms with Gasteiger partial charge in [0.2, 0.25) is 5.91 Å². The SMILES string of the molecule is O=C(NC1(C(=O)O)CC1)C1CCN(C(=O)N2CCCC2)CC1. The molecule has 0 atom stereocenters. The van der Waals surface area contributed by atoms with Crippen LogP contribution in [0, 0.1) is 5.92 Å². The lowest BCUT2D eigenvalue weighted by molar-refractivity contribution is -0.144. The number of amides is 3. The third kappa shape index (κ3) is 2.89. The highest BCUT2D eigenvalue weighted by Crippen LogP contribution is 2.36. The first-order chi connectivity index (χ1) is 10.5. The highest BCUT2D eigenvalue weighted by molar-refractivity contribution is 5.90. The number of nitrogens with one attached hydrogen (secondary N) is 1. The van der Waals surface area contributed by atoms with Crippen LogP contribution in [0.3, 0.4) is 0 Å². The average molecular weight is 309 g/mol. The molecule has 2 saturated heterocycles. The maximum Gasteiger partial charge on any atom is 0.329 e. The zero-order chi connectivity index (χ0) is 15.7. The van der Waals surface area contributed by atoms with Crippen molar-refractivity contribution in [2.24, 2.45) is 5.92 Å². The maximum absolute atomic E-state index is 12.3. The first kappa shape index (κ1) is 15.1. The number of carbonyl (C=O) groups excluding carboxylic acids is 2. The van der Waals surface area contributed by atoms with Crippen molar-refractivity contribution in [3.63, 3.8) is 0 Å². The van der Waals surface area contributed by atoms with Gasteiger partial charge in [-0.15, -0.1) is 0 Å². The molecule has 2 heterocycles. The van der Waals surface area contributed by atoms with E-state index in [1.165, 1.54) is 0 Å². The van der Waals surface area contributed by atoms with E-state index < -0.39 is 11.5 Å². The van der Waals surface area contributed by atoms with Gasteiger partial charge in [-0.2, -0.15) is 0 Å². The second kappa shape index (κ2) is 5.78. The molecule has 0 aromatic rings. The standard InChI is InChI=1S/C15H23N3O4/c19-12(16-15(5-6-15)13(20)21)11-3-9-18(10-4-11)14(22)17-7-1-2-8-17/h11H,1-10H2,(H,16,19)(H,20,21). The van der Waals surface area contributed by atoms with Crippen LogP contribution < -0.4 is 5.32 Å².